The van der Waals surface area contributed by atoms with Gasteiger partial charge in [0.25, 0.3) is 0 Å². The first kappa shape index (κ1) is 20.6. The molecule has 0 radical (unpaired) electrons. The van der Waals surface area contributed by atoms with Crippen LogP contribution in [0.5, 0.6) is 0 Å². The Bertz CT molecular complexity index is 707. The van der Waals surface area contributed by atoms with Crippen molar-refractivity contribution < 1.29 is 9.53 Å². The highest BCUT2D eigenvalue weighted by molar-refractivity contribution is 5.80. The highest BCUT2D eigenvalue weighted by atomic mass is 16.5. The van der Waals surface area contributed by atoms with Crippen LogP contribution in [0.3, 0.4) is 0 Å². The fraction of sp³-hybridized carbons (Fsp3) is 0.458. The number of hydrogen-bond donors (Lipinski definition) is 1. The first-order valence-corrected chi connectivity index (χ1v) is 10.4. The Hall–Kier alpha value is -2.17. The number of likely N-dealkylation sites (tertiary alicyclic amines) is 1. The second-order valence-electron chi connectivity index (χ2n) is 7.66. The minimum Gasteiger partial charge on any atom is -0.364 e. The van der Waals surface area contributed by atoms with E-state index in [1.165, 1.54) is 44.3 Å². The van der Waals surface area contributed by atoms with Crippen LogP contribution in [-0.2, 0) is 29.2 Å². The summed E-state index contributed by atoms with van der Waals surface area (Å²) in [7, 11) is 0. The van der Waals surface area contributed by atoms with Crippen LogP contribution in [-0.4, -0.2) is 30.0 Å². The first-order valence-electron chi connectivity index (χ1n) is 10.4. The second-order valence-corrected chi connectivity index (χ2v) is 7.66. The van der Waals surface area contributed by atoms with Gasteiger partial charge in [0.1, 0.15) is 6.10 Å². The lowest BCUT2D eigenvalue weighted by molar-refractivity contribution is -0.132. The number of ether oxygens (including phenoxy) is 1. The van der Waals surface area contributed by atoms with E-state index in [2.05, 4.69) is 34.5 Å². The number of hydrogen-bond acceptors (Lipinski definition) is 3. The van der Waals surface area contributed by atoms with Gasteiger partial charge < -0.3 is 10.1 Å². The Balaban J connectivity index is 1.40. The summed E-state index contributed by atoms with van der Waals surface area (Å²) < 4.78 is 5.67. The number of carbonyl (C=O) groups is 1. The molecule has 2 aromatic rings. The summed E-state index contributed by atoms with van der Waals surface area (Å²) in [5, 5.41) is 2.97. The molecule has 3 rings (SSSR count). The maximum atomic E-state index is 12.3. The molecule has 1 unspecified atom stereocenters. The Morgan fingerprint density at radius 1 is 0.929 bits per heavy atom. The lowest BCUT2D eigenvalue weighted by Gasteiger charge is -2.20. The van der Waals surface area contributed by atoms with E-state index >= 15 is 0 Å². The van der Waals surface area contributed by atoms with Crippen molar-refractivity contribution in [2.24, 2.45) is 0 Å². The summed E-state index contributed by atoms with van der Waals surface area (Å²) in [6.45, 7) is 6.21. The molecule has 1 fully saturated rings. The van der Waals surface area contributed by atoms with Crippen molar-refractivity contribution in [2.45, 2.75) is 58.4 Å². The molecule has 0 aromatic heterocycles. The van der Waals surface area contributed by atoms with Crippen LogP contribution >= 0.6 is 0 Å². The van der Waals surface area contributed by atoms with Crippen LogP contribution in [0.2, 0.25) is 0 Å². The van der Waals surface area contributed by atoms with Crippen molar-refractivity contribution in [3.8, 4) is 0 Å². The van der Waals surface area contributed by atoms with Crippen LogP contribution in [0, 0.1) is 0 Å². The number of carbonyl (C=O) groups excluding carboxylic acids is 1. The standard InChI is InChI=1S/C24H32N2O2/c1-20(28-19-23-9-5-4-6-10-23)24(27)25-17-21-11-13-22(14-12-21)18-26-15-7-2-3-8-16-26/h4-6,9-14,20H,2-3,7-8,15-19H2,1H3,(H,25,27). The number of nitrogens with one attached hydrogen (secondary N) is 1. The molecule has 4 heteroatoms. The number of amides is 1. The Morgan fingerprint density at radius 3 is 2.25 bits per heavy atom. The van der Waals surface area contributed by atoms with E-state index in [-0.39, 0.29) is 5.91 Å². The smallest absolute Gasteiger partial charge is 0.249 e. The molecule has 0 bridgehead atoms. The molecule has 150 valence electrons. The third kappa shape index (κ3) is 6.77. The second kappa shape index (κ2) is 11.0. The molecular formula is C24H32N2O2. The molecule has 0 saturated carbocycles. The van der Waals surface area contributed by atoms with Crippen LogP contribution in [0.1, 0.15) is 49.3 Å². The third-order valence-corrected chi connectivity index (χ3v) is 5.31. The number of rotatable bonds is 8. The molecule has 1 aliphatic rings. The van der Waals surface area contributed by atoms with Gasteiger partial charge in [0.05, 0.1) is 6.61 Å². The van der Waals surface area contributed by atoms with E-state index < -0.39 is 6.10 Å². The molecule has 1 N–H and O–H groups in total. The van der Waals surface area contributed by atoms with Crippen LogP contribution in [0.15, 0.2) is 54.6 Å². The summed E-state index contributed by atoms with van der Waals surface area (Å²) in [5.41, 5.74) is 3.53. The van der Waals surface area contributed by atoms with E-state index in [0.29, 0.717) is 13.2 Å². The molecule has 28 heavy (non-hydrogen) atoms. The highest BCUT2D eigenvalue weighted by Crippen LogP contribution is 2.14. The van der Waals surface area contributed by atoms with Crippen molar-refractivity contribution in [1.82, 2.24) is 10.2 Å². The SMILES string of the molecule is CC(OCc1ccccc1)C(=O)NCc1ccc(CN2CCCCCC2)cc1. The summed E-state index contributed by atoms with van der Waals surface area (Å²) >= 11 is 0. The Morgan fingerprint density at radius 2 is 1.57 bits per heavy atom. The van der Waals surface area contributed by atoms with E-state index in [4.69, 9.17) is 4.74 Å². The van der Waals surface area contributed by atoms with Gasteiger partial charge in [-0.25, -0.2) is 0 Å². The zero-order chi connectivity index (χ0) is 19.6. The third-order valence-electron chi connectivity index (χ3n) is 5.31. The molecule has 1 amide bonds. The summed E-state index contributed by atoms with van der Waals surface area (Å²) in [6, 6.07) is 18.5. The molecule has 0 aliphatic carbocycles. The van der Waals surface area contributed by atoms with Gasteiger partial charge in [-0.3, -0.25) is 9.69 Å². The molecule has 1 atom stereocenters. The zero-order valence-electron chi connectivity index (χ0n) is 16.9. The van der Waals surface area contributed by atoms with Crippen molar-refractivity contribution in [2.75, 3.05) is 13.1 Å². The predicted octanol–water partition coefficient (Wildman–Crippen LogP) is 4.28. The van der Waals surface area contributed by atoms with Gasteiger partial charge in [0.15, 0.2) is 0 Å². The highest BCUT2D eigenvalue weighted by Gasteiger charge is 2.13. The minimum absolute atomic E-state index is 0.0791. The summed E-state index contributed by atoms with van der Waals surface area (Å²) in [5.74, 6) is -0.0791. The minimum atomic E-state index is -0.470. The van der Waals surface area contributed by atoms with Gasteiger partial charge in [-0.2, -0.15) is 0 Å². The zero-order valence-corrected chi connectivity index (χ0v) is 16.9. The maximum absolute atomic E-state index is 12.3. The van der Waals surface area contributed by atoms with Crippen molar-refractivity contribution >= 4 is 5.91 Å². The molecule has 4 nitrogen and oxygen atoms in total. The van der Waals surface area contributed by atoms with Gasteiger partial charge in [0, 0.05) is 13.1 Å². The van der Waals surface area contributed by atoms with E-state index in [9.17, 15) is 4.79 Å². The van der Waals surface area contributed by atoms with Crippen molar-refractivity contribution in [1.29, 1.82) is 0 Å². The van der Waals surface area contributed by atoms with Gasteiger partial charge >= 0.3 is 0 Å². The Kier molecular flexibility index (Phi) is 8.07. The van der Waals surface area contributed by atoms with Gasteiger partial charge in [-0.05, 0) is 49.5 Å². The molecule has 1 heterocycles. The largest absolute Gasteiger partial charge is 0.364 e. The normalized spacial score (nSPS) is 16.3. The lowest BCUT2D eigenvalue weighted by Crippen LogP contribution is -2.34. The quantitative estimate of drug-likeness (QED) is 0.743. The van der Waals surface area contributed by atoms with E-state index in [0.717, 1.165) is 17.7 Å². The summed E-state index contributed by atoms with van der Waals surface area (Å²) in [6.07, 6.45) is 4.89. The Labute approximate surface area is 168 Å². The maximum Gasteiger partial charge on any atom is 0.249 e. The van der Waals surface area contributed by atoms with Crippen molar-refractivity contribution in [3.63, 3.8) is 0 Å². The molecular weight excluding hydrogens is 348 g/mol. The fourth-order valence-corrected chi connectivity index (χ4v) is 3.52. The van der Waals surface area contributed by atoms with Gasteiger partial charge in [-0.1, -0.05) is 67.4 Å². The molecule has 1 aliphatic heterocycles. The molecule has 0 spiro atoms. The monoisotopic (exact) mass is 380 g/mol. The van der Waals surface area contributed by atoms with Crippen molar-refractivity contribution in [3.05, 3.63) is 71.3 Å². The van der Waals surface area contributed by atoms with Crippen LogP contribution < -0.4 is 5.32 Å². The average Bonchev–Trinajstić information content (AvgIpc) is 3.00. The predicted molar refractivity (Wildman–Crippen MR) is 113 cm³/mol. The summed E-state index contributed by atoms with van der Waals surface area (Å²) in [4.78, 5) is 14.8. The van der Waals surface area contributed by atoms with Gasteiger partial charge in [-0.15, -0.1) is 0 Å². The fourth-order valence-electron chi connectivity index (χ4n) is 3.52. The van der Waals surface area contributed by atoms with E-state index in [1.807, 2.05) is 30.3 Å². The topological polar surface area (TPSA) is 41.6 Å². The lowest BCUT2D eigenvalue weighted by atomic mass is 10.1. The molecule has 1 saturated heterocycles. The average molecular weight is 381 g/mol. The molecule has 2 aromatic carbocycles. The van der Waals surface area contributed by atoms with E-state index in [1.54, 1.807) is 6.92 Å². The van der Waals surface area contributed by atoms with Crippen LogP contribution in [0.4, 0.5) is 0 Å². The van der Waals surface area contributed by atoms with Crippen LogP contribution in [0.25, 0.3) is 0 Å². The first-order chi connectivity index (χ1) is 13.7. The van der Waals surface area contributed by atoms with Gasteiger partial charge in [0.2, 0.25) is 5.91 Å². The number of nitrogens with zero attached hydrogens (tertiary/aromatic N) is 1. The number of benzene rings is 2.